The lowest BCUT2D eigenvalue weighted by atomic mass is 9.80. The highest BCUT2D eigenvalue weighted by atomic mass is 19.1. The summed E-state index contributed by atoms with van der Waals surface area (Å²) in [5.74, 6) is -1.45. The van der Waals surface area contributed by atoms with Gasteiger partial charge in [-0.25, -0.2) is 13.6 Å². The molecular weight excluding hydrogens is 436 g/mol. The third kappa shape index (κ3) is 3.40. The molecule has 2 atom stereocenters. The van der Waals surface area contributed by atoms with Crippen LogP contribution >= 0.6 is 0 Å². The second kappa shape index (κ2) is 7.91. The summed E-state index contributed by atoms with van der Waals surface area (Å²) in [5, 5.41) is 11.3. The Labute approximate surface area is 196 Å². The third-order valence-electron chi connectivity index (χ3n) is 7.71. The summed E-state index contributed by atoms with van der Waals surface area (Å²) in [6.07, 6.45) is 1.54. The molecule has 174 valence electrons. The van der Waals surface area contributed by atoms with E-state index >= 15 is 0 Å². The lowest BCUT2D eigenvalue weighted by molar-refractivity contribution is -0.0534. The average Bonchev–Trinajstić information content (AvgIpc) is 3.29. The Hall–Kier alpha value is -3.25. The van der Waals surface area contributed by atoms with Crippen molar-refractivity contribution < 1.29 is 23.4 Å². The molecule has 1 amide bonds. The largest absolute Gasteiger partial charge is 0.448 e. The van der Waals surface area contributed by atoms with Crippen LogP contribution in [0.15, 0.2) is 66.7 Å². The average molecular weight is 462 g/mol. The van der Waals surface area contributed by atoms with E-state index in [0.29, 0.717) is 0 Å². The highest BCUT2D eigenvalue weighted by Gasteiger charge is 2.51. The molecule has 1 N–H and O–H groups in total. The van der Waals surface area contributed by atoms with Crippen molar-refractivity contribution in [3.63, 3.8) is 0 Å². The molecule has 3 aliphatic rings. The molecule has 6 rings (SSSR count). The van der Waals surface area contributed by atoms with Gasteiger partial charge in [-0.3, -0.25) is 0 Å². The Morgan fingerprint density at radius 1 is 0.912 bits per heavy atom. The zero-order valence-corrected chi connectivity index (χ0v) is 18.6. The molecule has 0 radical (unpaired) electrons. The zero-order chi connectivity index (χ0) is 23.4. The van der Waals surface area contributed by atoms with E-state index in [9.17, 15) is 18.7 Å². The SMILES string of the molecule is O=C(OCC1c2ccccc2-c2ccccc21)N1C2CCC1CC(O)(c1cc(F)cc(F)c1)C2. The molecule has 3 aromatic rings. The summed E-state index contributed by atoms with van der Waals surface area (Å²) in [6.45, 7) is 0.238. The fraction of sp³-hybridized carbons (Fsp3) is 0.321. The molecule has 0 saturated carbocycles. The number of fused-ring (bicyclic) bond motifs is 5. The number of amides is 1. The second-order valence-corrected chi connectivity index (χ2v) is 9.69. The number of nitrogens with zero attached hydrogens (tertiary/aromatic N) is 1. The standard InChI is InChI=1S/C28H25F2NO3/c29-18-11-17(12-19(30)13-18)28(33)14-20-9-10-21(15-28)31(20)27(32)34-16-26-24-7-3-1-5-22(24)23-6-2-4-8-25(23)26/h1-8,11-13,20-21,26,33H,9-10,14-16H2. The fourth-order valence-electron chi connectivity index (χ4n) is 6.25. The van der Waals surface area contributed by atoms with Crippen LogP contribution in [0.2, 0.25) is 0 Å². The van der Waals surface area contributed by atoms with Gasteiger partial charge < -0.3 is 14.7 Å². The minimum Gasteiger partial charge on any atom is -0.448 e. The van der Waals surface area contributed by atoms with Gasteiger partial charge in [-0.05, 0) is 52.8 Å². The molecule has 3 aromatic carbocycles. The van der Waals surface area contributed by atoms with Crippen molar-refractivity contribution in [2.45, 2.75) is 49.3 Å². The number of carbonyl (C=O) groups excluding carboxylic acids is 1. The van der Waals surface area contributed by atoms with E-state index in [0.717, 1.165) is 30.0 Å². The van der Waals surface area contributed by atoms with E-state index in [4.69, 9.17) is 4.74 Å². The monoisotopic (exact) mass is 461 g/mol. The summed E-state index contributed by atoms with van der Waals surface area (Å²) in [4.78, 5) is 14.9. The Balaban J connectivity index is 1.19. The molecule has 1 aliphatic carbocycles. The predicted molar refractivity (Wildman–Crippen MR) is 123 cm³/mol. The summed E-state index contributed by atoms with van der Waals surface area (Å²) in [7, 11) is 0. The summed E-state index contributed by atoms with van der Waals surface area (Å²) in [5.41, 5.74) is 3.51. The maximum Gasteiger partial charge on any atom is 0.410 e. The van der Waals surface area contributed by atoms with E-state index in [-0.39, 0.29) is 49.1 Å². The van der Waals surface area contributed by atoms with Crippen molar-refractivity contribution in [1.82, 2.24) is 4.90 Å². The van der Waals surface area contributed by atoms with Crippen LogP contribution in [-0.4, -0.2) is 34.8 Å². The van der Waals surface area contributed by atoms with Gasteiger partial charge >= 0.3 is 6.09 Å². The van der Waals surface area contributed by atoms with Gasteiger partial charge in [-0.2, -0.15) is 0 Å². The molecular formula is C28H25F2NO3. The van der Waals surface area contributed by atoms with Crippen molar-refractivity contribution in [2.24, 2.45) is 0 Å². The van der Waals surface area contributed by atoms with Crippen molar-refractivity contribution >= 4 is 6.09 Å². The van der Waals surface area contributed by atoms with Crippen LogP contribution in [0.5, 0.6) is 0 Å². The summed E-state index contributed by atoms with van der Waals surface area (Å²) < 4.78 is 33.4. The molecule has 2 fully saturated rings. The van der Waals surface area contributed by atoms with E-state index in [2.05, 4.69) is 24.3 Å². The fourth-order valence-corrected chi connectivity index (χ4v) is 6.25. The van der Waals surface area contributed by atoms with Gasteiger partial charge in [0.1, 0.15) is 18.2 Å². The molecule has 34 heavy (non-hydrogen) atoms. The van der Waals surface area contributed by atoms with Crippen LogP contribution in [0.3, 0.4) is 0 Å². The van der Waals surface area contributed by atoms with Gasteiger partial charge in [0.25, 0.3) is 0 Å². The number of piperidine rings is 1. The molecule has 2 saturated heterocycles. The zero-order valence-electron chi connectivity index (χ0n) is 18.6. The molecule has 0 aromatic heterocycles. The first-order valence-electron chi connectivity index (χ1n) is 11.8. The van der Waals surface area contributed by atoms with E-state index < -0.39 is 17.2 Å². The smallest absolute Gasteiger partial charge is 0.410 e. The number of hydrogen-bond acceptors (Lipinski definition) is 3. The Kier molecular flexibility index (Phi) is 4.96. The Bertz CT molecular complexity index is 1200. The van der Waals surface area contributed by atoms with Crippen molar-refractivity contribution in [3.8, 4) is 11.1 Å². The van der Waals surface area contributed by atoms with Crippen molar-refractivity contribution in [3.05, 3.63) is 95.1 Å². The topological polar surface area (TPSA) is 49.8 Å². The van der Waals surface area contributed by atoms with Gasteiger partial charge in [0.15, 0.2) is 0 Å². The maximum absolute atomic E-state index is 13.8. The first kappa shape index (κ1) is 21.3. The van der Waals surface area contributed by atoms with Crippen molar-refractivity contribution in [2.75, 3.05) is 6.61 Å². The lowest BCUT2D eigenvalue weighted by Gasteiger charge is -2.43. The van der Waals surface area contributed by atoms with E-state index in [1.54, 1.807) is 4.90 Å². The van der Waals surface area contributed by atoms with Gasteiger partial charge in [0, 0.05) is 36.9 Å². The normalized spacial score (nSPS) is 25.2. The molecule has 2 aliphatic heterocycles. The first-order valence-corrected chi connectivity index (χ1v) is 11.8. The van der Waals surface area contributed by atoms with Crippen molar-refractivity contribution in [1.29, 1.82) is 0 Å². The molecule has 2 heterocycles. The molecule has 6 heteroatoms. The van der Waals surface area contributed by atoms with Crippen LogP contribution in [0.4, 0.5) is 13.6 Å². The molecule has 0 spiro atoms. The molecule has 4 nitrogen and oxygen atoms in total. The maximum atomic E-state index is 13.8. The van der Waals surface area contributed by atoms with Crippen LogP contribution in [0.1, 0.15) is 48.3 Å². The molecule has 2 unspecified atom stereocenters. The molecule has 2 bridgehead atoms. The quantitative estimate of drug-likeness (QED) is 0.542. The lowest BCUT2D eigenvalue weighted by Crippen LogP contribution is -2.52. The number of halogens is 2. The van der Waals surface area contributed by atoms with E-state index in [1.807, 2.05) is 24.3 Å². The number of aliphatic hydroxyl groups is 1. The highest BCUT2D eigenvalue weighted by Crippen LogP contribution is 2.47. The van der Waals surface area contributed by atoms with E-state index in [1.165, 1.54) is 23.3 Å². The number of hydrogen-bond donors (Lipinski definition) is 1. The van der Waals surface area contributed by atoms with Crippen LogP contribution in [0.25, 0.3) is 11.1 Å². The first-order chi connectivity index (χ1) is 16.4. The Morgan fingerprint density at radius 3 is 2.00 bits per heavy atom. The Morgan fingerprint density at radius 2 is 1.44 bits per heavy atom. The number of carbonyl (C=O) groups is 1. The van der Waals surface area contributed by atoms with Crippen LogP contribution in [-0.2, 0) is 10.3 Å². The van der Waals surface area contributed by atoms with Gasteiger partial charge in [0.05, 0.1) is 5.60 Å². The highest BCUT2D eigenvalue weighted by molar-refractivity contribution is 5.79. The predicted octanol–water partition coefficient (Wildman–Crippen LogP) is 5.73. The summed E-state index contributed by atoms with van der Waals surface area (Å²) in [6, 6.07) is 19.1. The minimum atomic E-state index is -1.37. The van der Waals surface area contributed by atoms with Crippen LogP contribution in [0, 0.1) is 11.6 Å². The number of benzene rings is 3. The minimum absolute atomic E-state index is 0.0222. The van der Waals surface area contributed by atoms with Gasteiger partial charge in [-0.1, -0.05) is 48.5 Å². The number of ether oxygens (including phenoxy) is 1. The summed E-state index contributed by atoms with van der Waals surface area (Å²) >= 11 is 0. The second-order valence-electron chi connectivity index (χ2n) is 9.69. The number of rotatable bonds is 3. The third-order valence-corrected chi connectivity index (χ3v) is 7.71. The van der Waals surface area contributed by atoms with Crippen LogP contribution < -0.4 is 0 Å². The van der Waals surface area contributed by atoms with Gasteiger partial charge in [-0.15, -0.1) is 0 Å². The van der Waals surface area contributed by atoms with Gasteiger partial charge in [0.2, 0.25) is 0 Å².